The van der Waals surface area contributed by atoms with Crippen LogP contribution in [0.5, 0.6) is 0 Å². The average Bonchev–Trinajstić information content (AvgIpc) is 3.22. The number of fused-ring (bicyclic) bond motifs is 1. The van der Waals surface area contributed by atoms with Gasteiger partial charge in [0.1, 0.15) is 11.4 Å². The van der Waals surface area contributed by atoms with Crippen molar-refractivity contribution in [1.82, 2.24) is 19.6 Å². The Hall–Kier alpha value is -2.40. The lowest BCUT2D eigenvalue weighted by atomic mass is 10.1. The Labute approximate surface area is 225 Å². The highest BCUT2D eigenvalue weighted by Gasteiger charge is 2.38. The standard InChI is InChI=1S/C24H24Cl3N5O3S/c1-15(33)30-9-11-31(12-10-30)21-14-36(34,35)29(2)24-22(21)28-32(20-8-7-18(26)13-19(20)27)23(24)16-3-5-17(25)6-4-16/h3-8,13-14,34-35H,9-12H2,1-2H3. The van der Waals surface area contributed by atoms with Crippen molar-refractivity contribution in [3.8, 4) is 16.9 Å². The smallest absolute Gasteiger partial charge is 0.219 e. The normalized spacial score (nSPS) is 18.1. The minimum absolute atomic E-state index is 0.0173. The highest BCUT2D eigenvalue weighted by molar-refractivity contribution is 8.28. The first-order chi connectivity index (χ1) is 17.1. The molecule has 36 heavy (non-hydrogen) atoms. The molecule has 0 spiro atoms. The van der Waals surface area contributed by atoms with Gasteiger partial charge in [-0.3, -0.25) is 18.2 Å². The van der Waals surface area contributed by atoms with E-state index < -0.39 is 10.8 Å². The summed E-state index contributed by atoms with van der Waals surface area (Å²) in [6.45, 7) is 3.69. The molecule has 2 aliphatic rings. The highest BCUT2D eigenvalue weighted by Crippen LogP contribution is 2.57. The van der Waals surface area contributed by atoms with Crippen LogP contribution in [-0.2, 0) is 4.79 Å². The molecule has 2 aromatic carbocycles. The van der Waals surface area contributed by atoms with E-state index in [1.54, 1.807) is 53.9 Å². The van der Waals surface area contributed by atoms with Gasteiger partial charge in [0, 0.05) is 55.8 Å². The van der Waals surface area contributed by atoms with Crippen molar-refractivity contribution in [2.75, 3.05) is 37.5 Å². The maximum Gasteiger partial charge on any atom is 0.219 e. The van der Waals surface area contributed by atoms with Crippen LogP contribution in [0.1, 0.15) is 12.6 Å². The van der Waals surface area contributed by atoms with Gasteiger partial charge in [-0.05, 0) is 30.3 Å². The Bertz CT molecular complexity index is 1370. The highest BCUT2D eigenvalue weighted by atomic mass is 35.5. The van der Waals surface area contributed by atoms with Crippen LogP contribution in [0.4, 0.5) is 5.69 Å². The van der Waals surface area contributed by atoms with Gasteiger partial charge in [0.2, 0.25) is 5.91 Å². The molecule has 2 aliphatic heterocycles. The molecule has 5 rings (SSSR count). The van der Waals surface area contributed by atoms with Gasteiger partial charge in [-0.1, -0.05) is 57.7 Å². The molecular weight excluding hydrogens is 545 g/mol. The molecule has 0 aliphatic carbocycles. The van der Waals surface area contributed by atoms with E-state index in [0.29, 0.717) is 69.7 Å². The number of anilines is 1. The van der Waals surface area contributed by atoms with Crippen LogP contribution in [0.2, 0.25) is 15.1 Å². The van der Waals surface area contributed by atoms with E-state index >= 15 is 0 Å². The van der Waals surface area contributed by atoms with E-state index in [2.05, 4.69) is 0 Å². The van der Waals surface area contributed by atoms with Crippen LogP contribution in [0.3, 0.4) is 0 Å². The fourth-order valence-corrected chi connectivity index (χ4v) is 6.25. The zero-order valence-electron chi connectivity index (χ0n) is 19.5. The lowest BCUT2D eigenvalue weighted by Crippen LogP contribution is -2.47. The summed E-state index contributed by atoms with van der Waals surface area (Å²) in [5, 5.41) is 7.88. The van der Waals surface area contributed by atoms with E-state index in [1.165, 1.54) is 9.71 Å². The molecule has 1 saturated heterocycles. The van der Waals surface area contributed by atoms with E-state index in [0.717, 1.165) is 5.56 Å². The van der Waals surface area contributed by atoms with Gasteiger partial charge in [-0.2, -0.15) is 5.10 Å². The van der Waals surface area contributed by atoms with E-state index in [1.807, 2.05) is 17.0 Å². The van der Waals surface area contributed by atoms with Gasteiger partial charge in [-0.25, -0.2) is 4.68 Å². The molecule has 1 aromatic heterocycles. The molecule has 0 atom stereocenters. The first-order valence-electron chi connectivity index (χ1n) is 11.2. The summed E-state index contributed by atoms with van der Waals surface area (Å²) in [5.41, 5.74) is 3.72. The SMILES string of the molecule is CC(=O)N1CCN(C2=CS(O)(O)N(C)c3c2nn(-c2ccc(Cl)cc2Cl)c3-c2ccc(Cl)cc2)CC1. The van der Waals surface area contributed by atoms with Crippen LogP contribution in [0.25, 0.3) is 22.6 Å². The number of benzene rings is 2. The van der Waals surface area contributed by atoms with E-state index in [4.69, 9.17) is 39.9 Å². The Morgan fingerprint density at radius 3 is 2.22 bits per heavy atom. The Balaban J connectivity index is 1.72. The molecule has 190 valence electrons. The number of carbonyl (C=O) groups excluding carboxylic acids is 1. The van der Waals surface area contributed by atoms with Gasteiger partial charge >= 0.3 is 0 Å². The van der Waals surface area contributed by atoms with Gasteiger partial charge < -0.3 is 9.80 Å². The number of rotatable bonds is 3. The molecule has 12 heteroatoms. The zero-order chi connectivity index (χ0) is 25.8. The number of halogens is 3. The molecule has 8 nitrogen and oxygen atoms in total. The zero-order valence-corrected chi connectivity index (χ0v) is 22.6. The summed E-state index contributed by atoms with van der Waals surface area (Å²) in [4.78, 5) is 15.6. The molecule has 0 radical (unpaired) electrons. The van der Waals surface area contributed by atoms with Crippen LogP contribution < -0.4 is 4.31 Å². The fraction of sp³-hybridized carbons (Fsp3) is 0.250. The predicted molar refractivity (Wildman–Crippen MR) is 147 cm³/mol. The van der Waals surface area contributed by atoms with Crippen molar-refractivity contribution in [1.29, 1.82) is 0 Å². The molecule has 2 N–H and O–H groups in total. The number of piperazine rings is 1. The Morgan fingerprint density at radius 2 is 1.61 bits per heavy atom. The van der Waals surface area contributed by atoms with Crippen LogP contribution in [-0.4, -0.2) is 67.8 Å². The van der Waals surface area contributed by atoms with Gasteiger partial charge in [0.05, 0.1) is 27.5 Å². The Kier molecular flexibility index (Phi) is 6.65. The third kappa shape index (κ3) is 4.44. The van der Waals surface area contributed by atoms with E-state index in [-0.39, 0.29) is 5.91 Å². The number of aromatic nitrogens is 2. The maximum atomic E-state index is 11.8. The van der Waals surface area contributed by atoms with Crippen LogP contribution in [0.15, 0.2) is 47.9 Å². The first kappa shape index (κ1) is 25.3. The monoisotopic (exact) mass is 567 g/mol. The summed E-state index contributed by atoms with van der Waals surface area (Å²) in [5.74, 6) is 0.0173. The summed E-state index contributed by atoms with van der Waals surface area (Å²) in [6.07, 6.45) is 0. The second kappa shape index (κ2) is 9.48. The lowest BCUT2D eigenvalue weighted by molar-refractivity contribution is -0.130. The number of nitrogens with zero attached hydrogens (tertiary/aromatic N) is 5. The van der Waals surface area contributed by atoms with Gasteiger partial charge in [0.15, 0.2) is 0 Å². The van der Waals surface area contributed by atoms with Crippen molar-refractivity contribution >= 4 is 62.9 Å². The van der Waals surface area contributed by atoms with Gasteiger partial charge in [0.25, 0.3) is 0 Å². The minimum Gasteiger partial charge on any atom is -0.365 e. The first-order valence-corrected chi connectivity index (χ1v) is 13.9. The molecule has 0 bridgehead atoms. The van der Waals surface area contributed by atoms with Crippen LogP contribution >= 0.6 is 45.6 Å². The summed E-state index contributed by atoms with van der Waals surface area (Å²) < 4.78 is 25.4. The summed E-state index contributed by atoms with van der Waals surface area (Å²) in [6, 6.07) is 12.4. The third-order valence-electron chi connectivity index (χ3n) is 6.41. The number of amides is 1. The largest absolute Gasteiger partial charge is 0.365 e. The number of hydrogen-bond acceptors (Lipinski definition) is 6. The molecular formula is C24H24Cl3N5O3S. The van der Waals surface area contributed by atoms with Crippen molar-refractivity contribution in [2.45, 2.75) is 6.92 Å². The number of hydrogen-bond donors (Lipinski definition) is 2. The van der Waals surface area contributed by atoms with Crippen LogP contribution in [0, 0.1) is 0 Å². The second-order valence-corrected chi connectivity index (χ2v) is 11.8. The van der Waals surface area contributed by atoms with Crippen molar-refractivity contribution in [2.24, 2.45) is 0 Å². The Morgan fingerprint density at radius 1 is 0.972 bits per heavy atom. The number of carbonyl (C=O) groups is 1. The molecule has 0 saturated carbocycles. The summed E-state index contributed by atoms with van der Waals surface area (Å²) in [7, 11) is -1.68. The molecule has 1 fully saturated rings. The van der Waals surface area contributed by atoms with Crippen molar-refractivity contribution in [3.63, 3.8) is 0 Å². The molecule has 3 heterocycles. The second-order valence-electron chi connectivity index (χ2n) is 8.62. The van der Waals surface area contributed by atoms with E-state index in [9.17, 15) is 13.9 Å². The van der Waals surface area contributed by atoms with Gasteiger partial charge in [-0.15, -0.1) is 0 Å². The topological polar surface area (TPSA) is 85.1 Å². The average molecular weight is 569 g/mol. The minimum atomic E-state index is -3.31. The fourth-order valence-electron chi connectivity index (χ4n) is 4.48. The van der Waals surface area contributed by atoms with Crippen molar-refractivity contribution in [3.05, 3.63) is 68.6 Å². The maximum absolute atomic E-state index is 11.8. The molecule has 1 amide bonds. The lowest BCUT2D eigenvalue weighted by Gasteiger charge is -2.45. The molecule has 3 aromatic rings. The predicted octanol–water partition coefficient (Wildman–Crippen LogP) is 6.08. The quantitative estimate of drug-likeness (QED) is 0.399. The third-order valence-corrected chi connectivity index (χ3v) is 8.73. The molecule has 0 unspecified atom stereocenters. The van der Waals surface area contributed by atoms with Crippen molar-refractivity contribution < 1.29 is 13.9 Å². The summed E-state index contributed by atoms with van der Waals surface area (Å²) >= 11 is 18.9.